The molecular formula is C13H24N2O4. The van der Waals surface area contributed by atoms with Crippen molar-refractivity contribution in [3.8, 4) is 0 Å². The van der Waals surface area contributed by atoms with Crippen LogP contribution in [0.3, 0.4) is 0 Å². The van der Waals surface area contributed by atoms with E-state index >= 15 is 0 Å². The lowest BCUT2D eigenvalue weighted by molar-refractivity contribution is -0.195. The molecule has 110 valence electrons. The Morgan fingerprint density at radius 1 is 1.32 bits per heavy atom. The van der Waals surface area contributed by atoms with Crippen molar-refractivity contribution in [2.24, 2.45) is 0 Å². The highest BCUT2D eigenvalue weighted by Gasteiger charge is 2.30. The lowest BCUT2D eigenvalue weighted by atomic mass is 10.2. The number of carbonyl (C=O) groups excluding carboxylic acids is 2. The molecule has 1 fully saturated rings. The quantitative estimate of drug-likeness (QED) is 0.732. The van der Waals surface area contributed by atoms with Gasteiger partial charge in [0, 0.05) is 6.54 Å². The Balaban J connectivity index is 2.40. The van der Waals surface area contributed by atoms with Gasteiger partial charge in [-0.2, -0.15) is 0 Å². The zero-order valence-corrected chi connectivity index (χ0v) is 12.3. The molecule has 0 unspecified atom stereocenters. The first-order valence-corrected chi connectivity index (χ1v) is 6.74. The minimum Gasteiger partial charge on any atom is -0.444 e. The predicted octanol–water partition coefficient (Wildman–Crippen LogP) is 1.80. The summed E-state index contributed by atoms with van der Waals surface area (Å²) in [7, 11) is 0. The van der Waals surface area contributed by atoms with Crippen LogP contribution in [0, 0.1) is 0 Å². The molecule has 0 aromatic carbocycles. The third-order valence-corrected chi connectivity index (χ3v) is 2.57. The summed E-state index contributed by atoms with van der Waals surface area (Å²) in [6.07, 6.45) is 1.49. The Bertz CT molecular complexity index is 325. The summed E-state index contributed by atoms with van der Waals surface area (Å²) in [5.74, 6) is -0.201. The Kier molecular flexibility index (Phi) is 5.60. The fourth-order valence-electron chi connectivity index (χ4n) is 1.60. The van der Waals surface area contributed by atoms with Crippen LogP contribution >= 0.6 is 0 Å². The number of hydrogen-bond donors (Lipinski definition) is 0. The Morgan fingerprint density at radius 3 is 2.53 bits per heavy atom. The maximum Gasteiger partial charge on any atom is 0.410 e. The first kappa shape index (κ1) is 15.8. The second-order valence-corrected chi connectivity index (χ2v) is 5.58. The molecule has 0 atom stereocenters. The van der Waals surface area contributed by atoms with E-state index in [2.05, 4.69) is 6.92 Å². The molecule has 6 nitrogen and oxygen atoms in total. The number of nitrogens with zero attached hydrogens (tertiary/aromatic N) is 2. The molecule has 0 bridgehead atoms. The SMILES string of the molecule is CCCCON1CCN(C(=O)OC(C)(C)C)CC1=O. The standard InChI is InChI=1S/C13H24N2O4/c1-5-6-9-18-15-8-7-14(10-11(15)16)12(17)19-13(2,3)4/h5-10H2,1-4H3. The van der Waals surface area contributed by atoms with E-state index in [4.69, 9.17) is 9.57 Å². The van der Waals surface area contributed by atoms with Crippen molar-refractivity contribution in [3.63, 3.8) is 0 Å². The summed E-state index contributed by atoms with van der Waals surface area (Å²) >= 11 is 0. The molecule has 1 rings (SSSR count). The van der Waals surface area contributed by atoms with Crippen LogP contribution in [0.1, 0.15) is 40.5 Å². The zero-order valence-electron chi connectivity index (χ0n) is 12.3. The molecule has 0 saturated carbocycles. The first-order chi connectivity index (χ1) is 8.83. The number of amides is 2. The Hall–Kier alpha value is -1.30. The monoisotopic (exact) mass is 272 g/mol. The van der Waals surface area contributed by atoms with Gasteiger partial charge in [0.1, 0.15) is 12.1 Å². The van der Waals surface area contributed by atoms with Gasteiger partial charge in [0.2, 0.25) is 0 Å². The average molecular weight is 272 g/mol. The van der Waals surface area contributed by atoms with E-state index in [1.165, 1.54) is 9.96 Å². The summed E-state index contributed by atoms with van der Waals surface area (Å²) in [6.45, 7) is 8.85. The number of unbranched alkanes of at least 4 members (excludes halogenated alkanes) is 1. The smallest absolute Gasteiger partial charge is 0.410 e. The summed E-state index contributed by atoms with van der Waals surface area (Å²) in [5.41, 5.74) is -0.547. The van der Waals surface area contributed by atoms with Crippen LogP contribution in [-0.4, -0.2) is 53.8 Å². The molecule has 2 amide bonds. The van der Waals surface area contributed by atoms with Crippen LogP contribution in [-0.2, 0) is 14.4 Å². The fourth-order valence-corrected chi connectivity index (χ4v) is 1.60. The zero-order chi connectivity index (χ0) is 14.5. The van der Waals surface area contributed by atoms with E-state index < -0.39 is 11.7 Å². The van der Waals surface area contributed by atoms with Gasteiger partial charge in [0.25, 0.3) is 5.91 Å². The third-order valence-electron chi connectivity index (χ3n) is 2.57. The Labute approximate surface area is 114 Å². The van der Waals surface area contributed by atoms with Crippen LogP contribution < -0.4 is 0 Å². The van der Waals surface area contributed by atoms with Crippen LogP contribution in [0.25, 0.3) is 0 Å². The summed E-state index contributed by atoms with van der Waals surface area (Å²) in [4.78, 5) is 30.4. The number of hydroxylamine groups is 2. The number of hydrogen-bond acceptors (Lipinski definition) is 4. The number of rotatable bonds is 4. The topological polar surface area (TPSA) is 59.1 Å². The van der Waals surface area contributed by atoms with Gasteiger partial charge in [0.15, 0.2) is 0 Å². The third kappa shape index (κ3) is 5.46. The van der Waals surface area contributed by atoms with E-state index in [-0.39, 0.29) is 12.5 Å². The highest BCUT2D eigenvalue weighted by molar-refractivity contribution is 5.82. The van der Waals surface area contributed by atoms with Gasteiger partial charge in [-0.1, -0.05) is 13.3 Å². The van der Waals surface area contributed by atoms with Crippen LogP contribution in [0.2, 0.25) is 0 Å². The normalized spacial score (nSPS) is 16.7. The van der Waals surface area contributed by atoms with Crippen LogP contribution in [0.15, 0.2) is 0 Å². The van der Waals surface area contributed by atoms with Crippen molar-refractivity contribution in [2.45, 2.75) is 46.1 Å². The second-order valence-electron chi connectivity index (χ2n) is 5.58. The van der Waals surface area contributed by atoms with E-state index in [1.807, 2.05) is 0 Å². The molecule has 0 spiro atoms. The van der Waals surface area contributed by atoms with E-state index in [0.29, 0.717) is 19.7 Å². The molecule has 0 N–H and O–H groups in total. The first-order valence-electron chi connectivity index (χ1n) is 6.74. The fraction of sp³-hybridized carbons (Fsp3) is 0.846. The van der Waals surface area contributed by atoms with Gasteiger partial charge in [-0.15, -0.1) is 0 Å². The van der Waals surface area contributed by atoms with Gasteiger partial charge in [0.05, 0.1) is 13.2 Å². The van der Waals surface area contributed by atoms with Crippen molar-refractivity contribution in [3.05, 3.63) is 0 Å². The molecular weight excluding hydrogens is 248 g/mol. The second kappa shape index (κ2) is 6.75. The minimum absolute atomic E-state index is 0.0149. The molecule has 0 aromatic rings. The molecule has 1 aliphatic heterocycles. The van der Waals surface area contributed by atoms with E-state index in [9.17, 15) is 9.59 Å². The molecule has 19 heavy (non-hydrogen) atoms. The van der Waals surface area contributed by atoms with Gasteiger partial charge in [-0.05, 0) is 27.2 Å². The van der Waals surface area contributed by atoms with E-state index in [0.717, 1.165) is 12.8 Å². The minimum atomic E-state index is -0.547. The van der Waals surface area contributed by atoms with Crippen molar-refractivity contribution < 1.29 is 19.2 Å². The van der Waals surface area contributed by atoms with Crippen molar-refractivity contribution in [2.75, 3.05) is 26.2 Å². The highest BCUT2D eigenvalue weighted by Crippen LogP contribution is 2.12. The summed E-state index contributed by atoms with van der Waals surface area (Å²) in [6, 6.07) is 0. The molecule has 1 heterocycles. The van der Waals surface area contributed by atoms with Crippen LogP contribution in [0.4, 0.5) is 4.79 Å². The van der Waals surface area contributed by atoms with Crippen molar-refractivity contribution >= 4 is 12.0 Å². The molecule has 6 heteroatoms. The maximum absolute atomic E-state index is 11.8. The Morgan fingerprint density at radius 2 is 2.00 bits per heavy atom. The van der Waals surface area contributed by atoms with Crippen molar-refractivity contribution in [1.82, 2.24) is 9.96 Å². The van der Waals surface area contributed by atoms with Crippen LogP contribution in [0.5, 0.6) is 0 Å². The molecule has 0 radical (unpaired) electrons. The van der Waals surface area contributed by atoms with E-state index in [1.54, 1.807) is 20.8 Å². The molecule has 1 aliphatic rings. The van der Waals surface area contributed by atoms with Gasteiger partial charge in [-0.3, -0.25) is 14.5 Å². The highest BCUT2D eigenvalue weighted by atomic mass is 16.7. The number of carbonyl (C=O) groups is 2. The van der Waals surface area contributed by atoms with Gasteiger partial charge < -0.3 is 4.74 Å². The lowest BCUT2D eigenvalue weighted by Crippen LogP contribution is -2.53. The number of ether oxygens (including phenoxy) is 1. The summed E-state index contributed by atoms with van der Waals surface area (Å²) in [5, 5.41) is 1.34. The largest absolute Gasteiger partial charge is 0.444 e. The molecule has 0 aromatic heterocycles. The van der Waals surface area contributed by atoms with Crippen molar-refractivity contribution in [1.29, 1.82) is 0 Å². The van der Waals surface area contributed by atoms with Gasteiger partial charge in [-0.25, -0.2) is 9.86 Å². The predicted molar refractivity (Wildman–Crippen MR) is 70.4 cm³/mol. The lowest BCUT2D eigenvalue weighted by Gasteiger charge is -2.34. The average Bonchev–Trinajstić information content (AvgIpc) is 2.29. The molecule has 1 saturated heterocycles. The number of piperazine rings is 1. The molecule has 0 aliphatic carbocycles. The summed E-state index contributed by atoms with van der Waals surface area (Å²) < 4.78 is 5.23. The maximum atomic E-state index is 11.8. The van der Waals surface area contributed by atoms with Gasteiger partial charge >= 0.3 is 6.09 Å².